The molecule has 2 atom stereocenters. The smallest absolute Gasteiger partial charge is 0.160 e. The molecule has 0 aliphatic carbocycles. The van der Waals surface area contributed by atoms with Crippen LogP contribution in [0.2, 0.25) is 0 Å². The Morgan fingerprint density at radius 3 is 2.85 bits per heavy atom. The van der Waals surface area contributed by atoms with Gasteiger partial charge in [0.2, 0.25) is 0 Å². The van der Waals surface area contributed by atoms with Crippen LogP contribution < -0.4 is 4.74 Å². The lowest BCUT2D eigenvalue weighted by atomic mass is 10.00. The lowest BCUT2D eigenvalue weighted by molar-refractivity contribution is 0.105. The lowest BCUT2D eigenvalue weighted by Crippen LogP contribution is -2.45. The molecule has 4 heteroatoms. The van der Waals surface area contributed by atoms with Crippen LogP contribution in [0, 0.1) is 0 Å². The summed E-state index contributed by atoms with van der Waals surface area (Å²) in [6, 6.07) is 6.52. The second kappa shape index (κ2) is 6.46. The van der Waals surface area contributed by atoms with Gasteiger partial charge in [0.05, 0.1) is 7.11 Å². The Bertz CT molecular complexity index is 450. The summed E-state index contributed by atoms with van der Waals surface area (Å²) in [5.74, 6) is 0.743. The molecule has 1 aromatic rings. The van der Waals surface area contributed by atoms with Crippen molar-refractivity contribution in [1.82, 2.24) is 9.80 Å². The maximum atomic E-state index is 9.69. The number of phenolic OH excluding ortho intramolecular Hbond substituents is 1. The highest BCUT2D eigenvalue weighted by Gasteiger charge is 2.25. The molecule has 2 unspecified atom stereocenters. The monoisotopic (exact) mass is 278 g/mol. The number of rotatable bonds is 4. The molecule has 1 saturated heterocycles. The molecule has 0 aromatic heterocycles. The predicted molar refractivity (Wildman–Crippen MR) is 81.4 cm³/mol. The fraction of sp³-hybridized carbons (Fsp3) is 0.625. The van der Waals surface area contributed by atoms with Crippen molar-refractivity contribution in [3.63, 3.8) is 0 Å². The first-order chi connectivity index (χ1) is 9.52. The highest BCUT2D eigenvalue weighted by Crippen LogP contribution is 2.32. The van der Waals surface area contributed by atoms with Crippen molar-refractivity contribution in [3.05, 3.63) is 23.8 Å². The van der Waals surface area contributed by atoms with E-state index in [2.05, 4.69) is 30.8 Å². The summed E-state index contributed by atoms with van der Waals surface area (Å²) in [6.45, 7) is 4.53. The van der Waals surface area contributed by atoms with Crippen molar-refractivity contribution in [2.75, 3.05) is 34.3 Å². The van der Waals surface area contributed by atoms with Crippen LogP contribution in [0.25, 0.3) is 0 Å². The van der Waals surface area contributed by atoms with Crippen LogP contribution in [0.15, 0.2) is 18.2 Å². The maximum Gasteiger partial charge on any atom is 0.160 e. The molecule has 1 N–H and O–H groups in total. The maximum absolute atomic E-state index is 9.69. The van der Waals surface area contributed by atoms with Crippen molar-refractivity contribution < 1.29 is 9.84 Å². The Morgan fingerprint density at radius 1 is 1.45 bits per heavy atom. The van der Waals surface area contributed by atoms with Crippen LogP contribution in [0.3, 0.4) is 0 Å². The van der Waals surface area contributed by atoms with E-state index in [1.54, 1.807) is 13.2 Å². The zero-order chi connectivity index (χ0) is 14.7. The lowest BCUT2D eigenvalue weighted by Gasteiger charge is -2.39. The fourth-order valence-electron chi connectivity index (χ4n) is 2.98. The minimum absolute atomic E-state index is 0.198. The van der Waals surface area contributed by atoms with Gasteiger partial charge in [-0.3, -0.25) is 4.90 Å². The van der Waals surface area contributed by atoms with Gasteiger partial charge in [0.1, 0.15) is 0 Å². The number of ether oxygens (including phenoxy) is 1. The highest BCUT2D eigenvalue weighted by molar-refractivity contribution is 5.42. The number of hydrogen-bond donors (Lipinski definition) is 1. The number of likely N-dealkylation sites (N-methyl/N-ethyl adjacent to an activating group) is 2. The second-order valence-corrected chi connectivity index (χ2v) is 5.83. The summed E-state index contributed by atoms with van der Waals surface area (Å²) in [7, 11) is 5.96. The summed E-state index contributed by atoms with van der Waals surface area (Å²) in [5.41, 5.74) is 1.18. The Labute approximate surface area is 122 Å². The van der Waals surface area contributed by atoms with Gasteiger partial charge in [-0.05, 0) is 58.1 Å². The van der Waals surface area contributed by atoms with Crippen LogP contribution >= 0.6 is 0 Å². The average Bonchev–Trinajstić information content (AvgIpc) is 2.46. The van der Waals surface area contributed by atoms with Crippen LogP contribution in [-0.2, 0) is 0 Å². The number of hydrogen-bond acceptors (Lipinski definition) is 4. The molecule has 0 radical (unpaired) electrons. The third kappa shape index (κ3) is 3.25. The third-order valence-electron chi connectivity index (χ3n) is 4.47. The molecule has 1 aliphatic rings. The van der Waals surface area contributed by atoms with Gasteiger partial charge >= 0.3 is 0 Å². The first-order valence-corrected chi connectivity index (χ1v) is 7.30. The summed E-state index contributed by atoms with van der Waals surface area (Å²) in [6.07, 6.45) is 2.51. The molecule has 0 saturated carbocycles. The largest absolute Gasteiger partial charge is 0.504 e. The molecule has 2 rings (SSSR count). The van der Waals surface area contributed by atoms with Gasteiger partial charge in [-0.1, -0.05) is 6.07 Å². The number of piperidine rings is 1. The zero-order valence-electron chi connectivity index (χ0n) is 13.0. The Balaban J connectivity index is 2.11. The van der Waals surface area contributed by atoms with E-state index in [1.165, 1.54) is 24.9 Å². The van der Waals surface area contributed by atoms with E-state index in [1.807, 2.05) is 12.1 Å². The van der Waals surface area contributed by atoms with E-state index in [0.29, 0.717) is 17.8 Å². The van der Waals surface area contributed by atoms with Gasteiger partial charge < -0.3 is 14.7 Å². The van der Waals surface area contributed by atoms with Gasteiger partial charge in [-0.25, -0.2) is 0 Å². The topological polar surface area (TPSA) is 35.9 Å². The SMILES string of the molecule is COc1cc(C(C)N(C)C2CCCN(C)C2)ccc1O. The highest BCUT2D eigenvalue weighted by atomic mass is 16.5. The minimum Gasteiger partial charge on any atom is -0.504 e. The molecule has 20 heavy (non-hydrogen) atoms. The molecule has 4 nitrogen and oxygen atoms in total. The van der Waals surface area contributed by atoms with Gasteiger partial charge in [-0.15, -0.1) is 0 Å². The van der Waals surface area contributed by atoms with Crippen molar-refractivity contribution in [1.29, 1.82) is 0 Å². The molecule has 1 aliphatic heterocycles. The van der Waals surface area contributed by atoms with Crippen molar-refractivity contribution in [2.24, 2.45) is 0 Å². The molecule has 1 fully saturated rings. The molecular weight excluding hydrogens is 252 g/mol. The molecule has 0 bridgehead atoms. The van der Waals surface area contributed by atoms with Crippen LogP contribution in [0.5, 0.6) is 11.5 Å². The molecule has 0 spiro atoms. The van der Waals surface area contributed by atoms with Crippen LogP contribution in [0.1, 0.15) is 31.4 Å². The van der Waals surface area contributed by atoms with Gasteiger partial charge in [-0.2, -0.15) is 0 Å². The Hall–Kier alpha value is -1.26. The molecule has 112 valence electrons. The van der Waals surface area contributed by atoms with Gasteiger partial charge in [0.25, 0.3) is 0 Å². The van der Waals surface area contributed by atoms with E-state index >= 15 is 0 Å². The first-order valence-electron chi connectivity index (χ1n) is 7.30. The quantitative estimate of drug-likeness (QED) is 0.918. The molecule has 0 amide bonds. The normalized spacial score (nSPS) is 21.9. The molecule has 1 aromatic carbocycles. The number of methoxy groups -OCH3 is 1. The second-order valence-electron chi connectivity index (χ2n) is 5.83. The number of benzene rings is 1. The van der Waals surface area contributed by atoms with E-state index in [0.717, 1.165) is 6.54 Å². The van der Waals surface area contributed by atoms with Crippen LogP contribution in [-0.4, -0.2) is 55.2 Å². The summed E-state index contributed by atoms with van der Waals surface area (Å²) in [5, 5.41) is 9.69. The third-order valence-corrected chi connectivity index (χ3v) is 4.47. The summed E-state index contributed by atoms with van der Waals surface area (Å²) in [4.78, 5) is 4.83. The van der Waals surface area contributed by atoms with E-state index < -0.39 is 0 Å². The number of nitrogens with zero attached hydrogens (tertiary/aromatic N) is 2. The molecular formula is C16H26N2O2. The van der Waals surface area contributed by atoms with Gasteiger partial charge in [0.15, 0.2) is 11.5 Å². The fourth-order valence-corrected chi connectivity index (χ4v) is 2.98. The molecule has 1 heterocycles. The summed E-state index contributed by atoms with van der Waals surface area (Å²) < 4.78 is 5.20. The van der Waals surface area contributed by atoms with Gasteiger partial charge in [0, 0.05) is 18.6 Å². The van der Waals surface area contributed by atoms with Crippen molar-refractivity contribution in [2.45, 2.75) is 31.8 Å². The number of aromatic hydroxyl groups is 1. The van der Waals surface area contributed by atoms with Crippen LogP contribution in [0.4, 0.5) is 0 Å². The predicted octanol–water partition coefficient (Wildman–Crippen LogP) is 2.49. The van der Waals surface area contributed by atoms with Crippen molar-refractivity contribution >= 4 is 0 Å². The van der Waals surface area contributed by atoms with Crippen molar-refractivity contribution in [3.8, 4) is 11.5 Å². The van der Waals surface area contributed by atoms with E-state index in [9.17, 15) is 5.11 Å². The number of phenols is 1. The first kappa shape index (κ1) is 15.1. The summed E-state index contributed by atoms with van der Waals surface area (Å²) >= 11 is 0. The number of likely N-dealkylation sites (tertiary alicyclic amines) is 1. The standard InChI is InChI=1S/C16H26N2O2/c1-12(13-7-8-15(19)16(10-13)20-4)18(3)14-6-5-9-17(2)11-14/h7-8,10,12,14,19H,5-6,9,11H2,1-4H3. The average molecular weight is 278 g/mol. The zero-order valence-corrected chi connectivity index (χ0v) is 13.0. The Kier molecular flexibility index (Phi) is 4.89. The van der Waals surface area contributed by atoms with E-state index in [4.69, 9.17) is 4.74 Å². The Morgan fingerprint density at radius 2 is 2.20 bits per heavy atom. The van der Waals surface area contributed by atoms with E-state index in [-0.39, 0.29) is 5.75 Å². The minimum atomic E-state index is 0.198.